The molecule has 8 heteroatoms. The molecule has 0 atom stereocenters. The first-order valence-electron chi connectivity index (χ1n) is 10.5. The van der Waals surface area contributed by atoms with Crippen molar-refractivity contribution in [2.24, 2.45) is 0 Å². The summed E-state index contributed by atoms with van der Waals surface area (Å²) in [6.07, 6.45) is 2.97. The summed E-state index contributed by atoms with van der Waals surface area (Å²) >= 11 is 5.27. The zero-order chi connectivity index (χ0) is 23.3. The van der Waals surface area contributed by atoms with Crippen molar-refractivity contribution < 1.29 is 9.21 Å². The fourth-order valence-corrected chi connectivity index (χ4v) is 3.56. The summed E-state index contributed by atoms with van der Waals surface area (Å²) in [7, 11) is 0. The largest absolute Gasteiger partial charge is 0.457 e. The molecule has 0 saturated heterocycles. The van der Waals surface area contributed by atoms with Gasteiger partial charge in [0.25, 0.3) is 0 Å². The van der Waals surface area contributed by atoms with Gasteiger partial charge in [0.2, 0.25) is 5.91 Å². The van der Waals surface area contributed by atoms with Gasteiger partial charge in [-0.2, -0.15) is 4.80 Å². The molecule has 166 valence electrons. The molecular weight excluding hydrogens is 446 g/mol. The molecule has 0 unspecified atom stereocenters. The highest BCUT2D eigenvalue weighted by atomic mass is 32.1. The highest BCUT2D eigenvalue weighted by molar-refractivity contribution is 7.80. The van der Waals surface area contributed by atoms with Crippen molar-refractivity contribution in [2.75, 3.05) is 5.32 Å². The van der Waals surface area contributed by atoms with Gasteiger partial charge in [0.15, 0.2) is 5.11 Å². The lowest BCUT2D eigenvalue weighted by Gasteiger charge is -2.07. The Bertz CT molecular complexity index is 1490. The van der Waals surface area contributed by atoms with Crippen LogP contribution in [-0.4, -0.2) is 26.0 Å². The molecule has 0 aliphatic carbocycles. The van der Waals surface area contributed by atoms with Crippen molar-refractivity contribution in [3.8, 4) is 17.0 Å². The van der Waals surface area contributed by atoms with Crippen LogP contribution in [0.1, 0.15) is 5.76 Å². The van der Waals surface area contributed by atoms with Gasteiger partial charge in [-0.3, -0.25) is 10.1 Å². The van der Waals surface area contributed by atoms with Gasteiger partial charge in [0.05, 0.1) is 5.69 Å². The summed E-state index contributed by atoms with van der Waals surface area (Å²) < 4.78 is 5.77. The van der Waals surface area contributed by atoms with E-state index in [0.29, 0.717) is 17.0 Å². The van der Waals surface area contributed by atoms with E-state index < -0.39 is 0 Å². The number of nitrogens with zero attached hydrogens (tertiary/aromatic N) is 3. The summed E-state index contributed by atoms with van der Waals surface area (Å²) in [5, 5.41) is 14.8. The topological polar surface area (TPSA) is 85.0 Å². The van der Waals surface area contributed by atoms with E-state index in [1.54, 1.807) is 16.9 Å². The zero-order valence-electron chi connectivity index (χ0n) is 17.9. The van der Waals surface area contributed by atoms with Crippen LogP contribution in [0.25, 0.3) is 34.1 Å². The quantitative estimate of drug-likeness (QED) is 0.274. The number of benzene rings is 3. The number of rotatable bonds is 5. The number of para-hydroxylation sites is 1. The number of amides is 1. The van der Waals surface area contributed by atoms with Gasteiger partial charge in [-0.1, -0.05) is 48.5 Å². The van der Waals surface area contributed by atoms with Gasteiger partial charge >= 0.3 is 0 Å². The lowest BCUT2D eigenvalue weighted by atomic mass is 10.2. The summed E-state index contributed by atoms with van der Waals surface area (Å²) in [6.45, 7) is 0. The number of aromatic nitrogens is 3. The fraction of sp³-hybridized carbons (Fsp3) is 0. The summed E-state index contributed by atoms with van der Waals surface area (Å²) in [4.78, 5) is 13.9. The standard InChI is InChI=1S/C26H19N5O2S/c32-25(16-13-21-12-15-24(33-21)18-7-3-1-4-8-18)28-26(34)27-19-11-14-22-23(17-19)30-31(29-22)20-9-5-2-6-10-20/h1-17H,(H2,27,28,32,34)/b16-13+. The van der Waals surface area contributed by atoms with Crippen LogP contribution in [0.3, 0.4) is 0 Å². The molecule has 2 aromatic heterocycles. The van der Waals surface area contributed by atoms with Crippen molar-refractivity contribution >= 4 is 46.0 Å². The minimum Gasteiger partial charge on any atom is -0.457 e. The monoisotopic (exact) mass is 465 g/mol. The van der Waals surface area contributed by atoms with E-state index in [0.717, 1.165) is 22.5 Å². The number of hydrogen-bond donors (Lipinski definition) is 2. The lowest BCUT2D eigenvalue weighted by Crippen LogP contribution is -2.32. The first-order chi connectivity index (χ1) is 16.6. The summed E-state index contributed by atoms with van der Waals surface area (Å²) in [5.41, 5.74) is 3.99. The molecular formula is C26H19N5O2S. The van der Waals surface area contributed by atoms with Crippen molar-refractivity contribution in [1.82, 2.24) is 20.3 Å². The molecule has 0 aliphatic heterocycles. The Kier molecular flexibility index (Phi) is 5.96. The van der Waals surface area contributed by atoms with Gasteiger partial charge in [-0.25, -0.2) is 0 Å². The normalized spacial score (nSPS) is 11.1. The third-order valence-corrected chi connectivity index (χ3v) is 5.15. The SMILES string of the molecule is O=C(/C=C/c1ccc(-c2ccccc2)o1)NC(=S)Nc1ccc2nn(-c3ccccc3)nc2c1. The van der Waals surface area contributed by atoms with Gasteiger partial charge in [-0.05, 0) is 60.8 Å². The molecule has 0 radical (unpaired) electrons. The maximum absolute atomic E-state index is 12.3. The van der Waals surface area contributed by atoms with E-state index in [9.17, 15) is 4.79 Å². The van der Waals surface area contributed by atoms with Gasteiger partial charge in [-0.15, -0.1) is 10.2 Å². The molecule has 3 aromatic carbocycles. The third-order valence-electron chi connectivity index (χ3n) is 4.95. The van der Waals surface area contributed by atoms with E-state index in [2.05, 4.69) is 20.8 Å². The third kappa shape index (κ3) is 4.92. The molecule has 1 amide bonds. The molecule has 7 nitrogen and oxygen atoms in total. The molecule has 5 rings (SSSR count). The minimum atomic E-state index is -0.369. The van der Waals surface area contributed by atoms with Gasteiger partial charge < -0.3 is 9.73 Å². The van der Waals surface area contributed by atoms with Crippen LogP contribution in [0, 0.1) is 0 Å². The van der Waals surface area contributed by atoms with Crippen LogP contribution in [-0.2, 0) is 4.79 Å². The first kappa shape index (κ1) is 21.3. The van der Waals surface area contributed by atoms with Crippen molar-refractivity contribution in [2.45, 2.75) is 0 Å². The molecule has 0 saturated carbocycles. The van der Waals surface area contributed by atoms with Crippen LogP contribution >= 0.6 is 12.2 Å². The molecule has 5 aromatic rings. The number of carbonyl (C=O) groups excluding carboxylic acids is 1. The second kappa shape index (κ2) is 9.51. The number of anilines is 1. The molecule has 34 heavy (non-hydrogen) atoms. The Morgan fingerprint density at radius 1 is 0.882 bits per heavy atom. The Labute approximate surface area is 200 Å². The Balaban J connectivity index is 1.20. The van der Waals surface area contributed by atoms with Gasteiger partial charge in [0, 0.05) is 17.3 Å². The molecule has 0 aliphatic rings. The maximum atomic E-state index is 12.3. The van der Waals surface area contributed by atoms with Crippen molar-refractivity contribution in [3.05, 3.63) is 103 Å². The Hall–Kier alpha value is -4.56. The second-order valence-corrected chi connectivity index (χ2v) is 7.78. The van der Waals surface area contributed by atoms with Crippen LogP contribution < -0.4 is 10.6 Å². The predicted molar refractivity (Wildman–Crippen MR) is 136 cm³/mol. The lowest BCUT2D eigenvalue weighted by molar-refractivity contribution is -0.115. The minimum absolute atomic E-state index is 0.175. The molecule has 2 heterocycles. The number of thiocarbonyl (C=S) groups is 1. The average Bonchev–Trinajstić information content (AvgIpc) is 3.51. The Morgan fingerprint density at radius 3 is 2.41 bits per heavy atom. The Morgan fingerprint density at radius 2 is 1.62 bits per heavy atom. The van der Waals surface area contributed by atoms with Crippen LogP contribution in [0.15, 0.2) is 101 Å². The maximum Gasteiger partial charge on any atom is 0.250 e. The van der Waals surface area contributed by atoms with E-state index in [4.69, 9.17) is 16.6 Å². The van der Waals surface area contributed by atoms with E-state index in [-0.39, 0.29) is 11.0 Å². The van der Waals surface area contributed by atoms with Crippen LogP contribution in [0.2, 0.25) is 0 Å². The van der Waals surface area contributed by atoms with Crippen LogP contribution in [0.5, 0.6) is 0 Å². The number of carbonyl (C=O) groups is 1. The molecule has 0 bridgehead atoms. The number of hydrogen-bond acceptors (Lipinski definition) is 5. The zero-order valence-corrected chi connectivity index (χ0v) is 18.7. The van der Waals surface area contributed by atoms with E-state index >= 15 is 0 Å². The fourth-order valence-electron chi connectivity index (χ4n) is 3.34. The smallest absolute Gasteiger partial charge is 0.250 e. The predicted octanol–water partition coefficient (Wildman–Crippen LogP) is 5.21. The summed E-state index contributed by atoms with van der Waals surface area (Å²) in [5.74, 6) is 0.934. The summed E-state index contributed by atoms with van der Waals surface area (Å²) in [6, 6.07) is 28.6. The molecule has 0 spiro atoms. The first-order valence-corrected chi connectivity index (χ1v) is 10.9. The number of nitrogens with one attached hydrogen (secondary N) is 2. The number of furan rings is 1. The molecule has 0 fully saturated rings. The van der Waals surface area contributed by atoms with Crippen molar-refractivity contribution in [3.63, 3.8) is 0 Å². The van der Waals surface area contributed by atoms with Crippen molar-refractivity contribution in [1.29, 1.82) is 0 Å². The van der Waals surface area contributed by atoms with E-state index in [1.807, 2.05) is 84.9 Å². The highest BCUT2D eigenvalue weighted by Gasteiger charge is 2.08. The average molecular weight is 466 g/mol. The second-order valence-electron chi connectivity index (χ2n) is 7.37. The van der Waals surface area contributed by atoms with Crippen LogP contribution in [0.4, 0.5) is 5.69 Å². The molecule has 2 N–H and O–H groups in total. The highest BCUT2D eigenvalue weighted by Crippen LogP contribution is 2.22. The van der Waals surface area contributed by atoms with Gasteiger partial charge in [0.1, 0.15) is 22.6 Å². The number of fused-ring (bicyclic) bond motifs is 1. The van der Waals surface area contributed by atoms with E-state index in [1.165, 1.54) is 6.08 Å².